The van der Waals surface area contributed by atoms with Crippen molar-refractivity contribution in [1.82, 2.24) is 15.1 Å². The van der Waals surface area contributed by atoms with Gasteiger partial charge < -0.3 is 14.6 Å². The van der Waals surface area contributed by atoms with Crippen molar-refractivity contribution in [3.8, 4) is 0 Å². The maximum Gasteiger partial charge on any atom is 0.225 e. The Balaban J connectivity index is 1.24. The van der Waals surface area contributed by atoms with Gasteiger partial charge in [-0.05, 0) is 49.2 Å². The lowest BCUT2D eigenvalue weighted by Crippen LogP contribution is -2.32. The summed E-state index contributed by atoms with van der Waals surface area (Å²) in [6.45, 7) is 4.74. The van der Waals surface area contributed by atoms with E-state index in [4.69, 9.17) is 4.42 Å². The van der Waals surface area contributed by atoms with Gasteiger partial charge in [0.15, 0.2) is 0 Å². The maximum atomic E-state index is 12.5. The van der Waals surface area contributed by atoms with Crippen molar-refractivity contribution in [2.24, 2.45) is 5.92 Å². The Hall–Kier alpha value is -2.60. The molecular formula is C22H27N3O3. The topological polar surface area (TPSA) is 65.8 Å². The minimum Gasteiger partial charge on any atom is -0.467 e. The molecule has 4 rings (SSSR count). The van der Waals surface area contributed by atoms with Gasteiger partial charge in [-0.15, -0.1) is 0 Å². The first-order chi connectivity index (χ1) is 13.7. The van der Waals surface area contributed by atoms with Crippen molar-refractivity contribution in [3.05, 3.63) is 59.5 Å². The molecule has 0 saturated carbocycles. The van der Waals surface area contributed by atoms with Gasteiger partial charge in [0.2, 0.25) is 11.8 Å². The first-order valence-electron chi connectivity index (χ1n) is 10.1. The Labute approximate surface area is 165 Å². The zero-order chi connectivity index (χ0) is 19.3. The summed E-state index contributed by atoms with van der Waals surface area (Å²) in [5.74, 6) is 0.389. The highest BCUT2D eigenvalue weighted by Crippen LogP contribution is 2.21. The Morgan fingerprint density at radius 1 is 1.07 bits per heavy atom. The van der Waals surface area contributed by atoms with Gasteiger partial charge in [0.05, 0.1) is 18.7 Å². The molecule has 28 heavy (non-hydrogen) atoms. The second-order valence-corrected chi connectivity index (χ2v) is 7.77. The number of benzene rings is 1. The number of likely N-dealkylation sites (tertiary alicyclic amines) is 2. The van der Waals surface area contributed by atoms with Crippen LogP contribution in [-0.4, -0.2) is 41.2 Å². The standard InChI is InChI=1S/C22H27N3O3/c26-21-12-19(15-25(21)16-20-4-3-11-28-20)22(27)23-13-17-5-7-18(8-6-17)14-24-9-1-2-10-24/h3-8,11,19H,1-2,9-10,12-16H2,(H,23,27). The third-order valence-corrected chi connectivity index (χ3v) is 5.61. The van der Waals surface area contributed by atoms with E-state index in [1.54, 1.807) is 17.2 Å². The van der Waals surface area contributed by atoms with Gasteiger partial charge >= 0.3 is 0 Å². The molecule has 2 amide bonds. The van der Waals surface area contributed by atoms with E-state index < -0.39 is 0 Å². The van der Waals surface area contributed by atoms with Crippen molar-refractivity contribution in [1.29, 1.82) is 0 Å². The van der Waals surface area contributed by atoms with E-state index >= 15 is 0 Å². The summed E-state index contributed by atoms with van der Waals surface area (Å²) >= 11 is 0. The van der Waals surface area contributed by atoms with E-state index in [1.165, 1.54) is 31.5 Å². The SMILES string of the molecule is O=C(NCc1ccc(CN2CCCC2)cc1)C1CC(=O)N(Cc2ccco2)C1. The van der Waals surface area contributed by atoms with E-state index in [1.807, 2.05) is 6.07 Å². The summed E-state index contributed by atoms with van der Waals surface area (Å²) in [7, 11) is 0. The summed E-state index contributed by atoms with van der Waals surface area (Å²) in [6.07, 6.45) is 4.46. The van der Waals surface area contributed by atoms with Gasteiger partial charge in [0.25, 0.3) is 0 Å². The summed E-state index contributed by atoms with van der Waals surface area (Å²) in [5.41, 5.74) is 2.39. The molecule has 0 aliphatic carbocycles. The third kappa shape index (κ3) is 4.62. The number of nitrogens with one attached hydrogen (secondary N) is 1. The fourth-order valence-corrected chi connectivity index (χ4v) is 3.99. The number of rotatable bonds is 7. The molecule has 2 aliphatic heterocycles. The van der Waals surface area contributed by atoms with Crippen LogP contribution in [0.25, 0.3) is 0 Å². The van der Waals surface area contributed by atoms with Crippen molar-refractivity contribution in [3.63, 3.8) is 0 Å². The summed E-state index contributed by atoms with van der Waals surface area (Å²) in [4.78, 5) is 28.8. The largest absolute Gasteiger partial charge is 0.467 e. The molecule has 1 aromatic carbocycles. The lowest BCUT2D eigenvalue weighted by atomic mass is 10.1. The molecule has 1 atom stereocenters. The predicted molar refractivity (Wildman–Crippen MR) is 105 cm³/mol. The molecule has 2 fully saturated rings. The normalized spacial score (nSPS) is 20.1. The minimum atomic E-state index is -0.295. The molecule has 148 valence electrons. The Morgan fingerprint density at radius 3 is 2.54 bits per heavy atom. The van der Waals surface area contributed by atoms with E-state index in [9.17, 15) is 9.59 Å². The van der Waals surface area contributed by atoms with E-state index in [-0.39, 0.29) is 24.2 Å². The quantitative estimate of drug-likeness (QED) is 0.800. The van der Waals surface area contributed by atoms with Crippen LogP contribution in [0.4, 0.5) is 0 Å². The smallest absolute Gasteiger partial charge is 0.225 e. The van der Waals surface area contributed by atoms with Crippen molar-refractivity contribution >= 4 is 11.8 Å². The van der Waals surface area contributed by atoms with E-state index in [0.717, 1.165) is 17.9 Å². The van der Waals surface area contributed by atoms with Crippen molar-refractivity contribution < 1.29 is 14.0 Å². The number of amides is 2. The fraction of sp³-hybridized carbons (Fsp3) is 0.455. The number of furan rings is 1. The number of carbonyl (C=O) groups excluding carboxylic acids is 2. The van der Waals surface area contributed by atoms with Gasteiger partial charge in [-0.2, -0.15) is 0 Å². The molecule has 2 saturated heterocycles. The molecule has 1 N–H and O–H groups in total. The van der Waals surface area contributed by atoms with Crippen LogP contribution in [-0.2, 0) is 29.2 Å². The van der Waals surface area contributed by atoms with Crippen LogP contribution in [0.15, 0.2) is 47.1 Å². The molecule has 0 bridgehead atoms. The zero-order valence-corrected chi connectivity index (χ0v) is 16.1. The van der Waals surface area contributed by atoms with Gasteiger partial charge in [-0.25, -0.2) is 0 Å². The second-order valence-electron chi connectivity index (χ2n) is 7.77. The van der Waals surface area contributed by atoms with Crippen LogP contribution < -0.4 is 5.32 Å². The van der Waals surface area contributed by atoms with Crippen LogP contribution in [0.2, 0.25) is 0 Å². The second kappa shape index (κ2) is 8.61. The lowest BCUT2D eigenvalue weighted by molar-refractivity contribution is -0.129. The molecule has 6 heteroatoms. The van der Waals surface area contributed by atoms with Crippen LogP contribution in [0.1, 0.15) is 36.1 Å². The van der Waals surface area contributed by atoms with Crippen LogP contribution in [0.3, 0.4) is 0 Å². The zero-order valence-electron chi connectivity index (χ0n) is 16.1. The average Bonchev–Trinajstić information content (AvgIpc) is 3.45. The maximum absolute atomic E-state index is 12.5. The molecular weight excluding hydrogens is 354 g/mol. The first-order valence-corrected chi connectivity index (χ1v) is 10.1. The van der Waals surface area contributed by atoms with Gasteiger partial charge in [0, 0.05) is 26.1 Å². The summed E-state index contributed by atoms with van der Waals surface area (Å²) in [5, 5.41) is 2.98. The number of hydrogen-bond donors (Lipinski definition) is 1. The highest BCUT2D eigenvalue weighted by molar-refractivity contribution is 5.89. The highest BCUT2D eigenvalue weighted by atomic mass is 16.3. The van der Waals surface area contributed by atoms with Crippen molar-refractivity contribution in [2.75, 3.05) is 19.6 Å². The molecule has 2 aliphatic rings. The Bertz CT molecular complexity index is 795. The van der Waals surface area contributed by atoms with Crippen LogP contribution in [0, 0.1) is 5.92 Å². The molecule has 3 heterocycles. The number of hydrogen-bond acceptors (Lipinski definition) is 4. The fourth-order valence-electron chi connectivity index (χ4n) is 3.99. The van der Waals surface area contributed by atoms with Gasteiger partial charge in [-0.3, -0.25) is 14.5 Å². The molecule has 1 unspecified atom stereocenters. The summed E-state index contributed by atoms with van der Waals surface area (Å²) in [6, 6.07) is 12.1. The molecule has 1 aromatic heterocycles. The molecule has 2 aromatic rings. The summed E-state index contributed by atoms with van der Waals surface area (Å²) < 4.78 is 5.30. The van der Waals surface area contributed by atoms with Crippen LogP contribution in [0.5, 0.6) is 0 Å². The average molecular weight is 381 g/mol. The molecule has 6 nitrogen and oxygen atoms in total. The van der Waals surface area contributed by atoms with Gasteiger partial charge in [0.1, 0.15) is 5.76 Å². The molecule has 0 radical (unpaired) electrons. The van der Waals surface area contributed by atoms with Crippen molar-refractivity contribution in [2.45, 2.75) is 38.9 Å². The monoisotopic (exact) mass is 381 g/mol. The third-order valence-electron chi connectivity index (χ3n) is 5.61. The number of carbonyl (C=O) groups is 2. The lowest BCUT2D eigenvalue weighted by Gasteiger charge is -2.16. The van der Waals surface area contributed by atoms with Crippen LogP contribution >= 0.6 is 0 Å². The predicted octanol–water partition coefficient (Wildman–Crippen LogP) is 2.54. The first kappa shape index (κ1) is 18.7. The van der Waals surface area contributed by atoms with E-state index in [2.05, 4.69) is 34.5 Å². The van der Waals surface area contributed by atoms with Gasteiger partial charge in [-0.1, -0.05) is 24.3 Å². The van der Waals surface area contributed by atoms with E-state index in [0.29, 0.717) is 19.6 Å². The molecule has 0 spiro atoms. The minimum absolute atomic E-state index is 0.00261. The number of nitrogens with zero attached hydrogens (tertiary/aromatic N) is 2. The highest BCUT2D eigenvalue weighted by Gasteiger charge is 2.34. The Morgan fingerprint density at radius 2 is 1.82 bits per heavy atom. The Kier molecular flexibility index (Phi) is 5.76.